The van der Waals surface area contributed by atoms with Crippen LogP contribution in [-0.2, 0) is 10.8 Å². The fourth-order valence-corrected chi connectivity index (χ4v) is 3.41. The zero-order chi connectivity index (χ0) is 15.7. The Kier molecular flexibility index (Phi) is 4.52. The van der Waals surface area contributed by atoms with Crippen molar-refractivity contribution in [3.63, 3.8) is 0 Å². The van der Waals surface area contributed by atoms with Crippen LogP contribution in [0.1, 0.15) is 64.0 Å². The average Bonchev–Trinajstić information content (AvgIpc) is 2.47. The van der Waals surface area contributed by atoms with Gasteiger partial charge < -0.3 is 15.6 Å². The molecule has 1 saturated carbocycles. The number of phenolic OH excluding ortho intramolecular Hbond substituents is 1. The molecular weight excluding hydrogens is 262 g/mol. The normalized spacial score (nSPS) is 18.5. The smallest absolute Gasteiger partial charge is 0.161 e. The number of nitrogens with two attached hydrogens (primary N) is 1. The maximum Gasteiger partial charge on any atom is 0.161 e. The number of phenols is 1. The lowest BCUT2D eigenvalue weighted by molar-refractivity contribution is 0.284. The van der Waals surface area contributed by atoms with Crippen LogP contribution in [0.3, 0.4) is 0 Å². The Morgan fingerprint density at radius 2 is 1.81 bits per heavy atom. The quantitative estimate of drug-likeness (QED) is 0.889. The highest BCUT2D eigenvalue weighted by Gasteiger charge is 2.36. The van der Waals surface area contributed by atoms with Crippen LogP contribution >= 0.6 is 0 Å². The number of aromatic hydroxyl groups is 1. The van der Waals surface area contributed by atoms with Gasteiger partial charge >= 0.3 is 0 Å². The van der Waals surface area contributed by atoms with Crippen molar-refractivity contribution in [1.29, 1.82) is 0 Å². The van der Waals surface area contributed by atoms with E-state index >= 15 is 0 Å². The summed E-state index contributed by atoms with van der Waals surface area (Å²) in [6.07, 6.45) is 5.72. The summed E-state index contributed by atoms with van der Waals surface area (Å²) in [6.45, 7) is 7.12. The van der Waals surface area contributed by atoms with Crippen molar-refractivity contribution in [2.75, 3.05) is 13.7 Å². The zero-order valence-corrected chi connectivity index (χ0v) is 13.8. The van der Waals surface area contributed by atoms with Crippen molar-refractivity contribution < 1.29 is 9.84 Å². The van der Waals surface area contributed by atoms with E-state index < -0.39 is 0 Å². The minimum atomic E-state index is -0.100. The zero-order valence-electron chi connectivity index (χ0n) is 13.8. The Labute approximate surface area is 128 Å². The maximum absolute atomic E-state index is 10.6. The summed E-state index contributed by atoms with van der Waals surface area (Å²) in [5.41, 5.74) is 8.22. The van der Waals surface area contributed by atoms with Crippen LogP contribution in [0.25, 0.3) is 0 Å². The second-order valence-corrected chi connectivity index (χ2v) is 7.37. The summed E-state index contributed by atoms with van der Waals surface area (Å²) in [4.78, 5) is 0. The summed E-state index contributed by atoms with van der Waals surface area (Å²) in [5.74, 6) is 0.841. The van der Waals surface area contributed by atoms with Gasteiger partial charge in [-0.15, -0.1) is 0 Å². The van der Waals surface area contributed by atoms with Gasteiger partial charge in [0.25, 0.3) is 0 Å². The molecule has 3 nitrogen and oxygen atoms in total. The van der Waals surface area contributed by atoms with Crippen LogP contribution in [0.15, 0.2) is 12.1 Å². The van der Waals surface area contributed by atoms with Crippen LogP contribution in [0.4, 0.5) is 0 Å². The number of rotatable bonds is 3. The third-order valence-electron chi connectivity index (χ3n) is 4.93. The van der Waals surface area contributed by atoms with E-state index in [1.54, 1.807) is 7.11 Å². The third-order valence-corrected chi connectivity index (χ3v) is 4.93. The van der Waals surface area contributed by atoms with Crippen molar-refractivity contribution in [2.24, 2.45) is 5.73 Å². The van der Waals surface area contributed by atoms with Gasteiger partial charge in [0.1, 0.15) is 0 Å². The maximum atomic E-state index is 10.6. The Hall–Kier alpha value is -1.22. The van der Waals surface area contributed by atoms with Gasteiger partial charge in [-0.25, -0.2) is 0 Å². The molecule has 1 aliphatic carbocycles. The van der Waals surface area contributed by atoms with E-state index in [2.05, 4.69) is 26.8 Å². The van der Waals surface area contributed by atoms with E-state index in [4.69, 9.17) is 10.5 Å². The minimum absolute atomic E-state index is 0.0141. The summed E-state index contributed by atoms with van der Waals surface area (Å²) in [5, 5.41) is 10.6. The Morgan fingerprint density at radius 1 is 1.19 bits per heavy atom. The minimum Gasteiger partial charge on any atom is -0.504 e. The number of benzene rings is 1. The Bertz CT molecular complexity index is 497. The highest BCUT2D eigenvalue weighted by Crippen LogP contribution is 2.47. The largest absolute Gasteiger partial charge is 0.504 e. The van der Waals surface area contributed by atoms with Crippen molar-refractivity contribution in [2.45, 2.75) is 63.7 Å². The first-order valence-corrected chi connectivity index (χ1v) is 7.96. The van der Waals surface area contributed by atoms with Crippen LogP contribution in [0, 0.1) is 0 Å². The summed E-state index contributed by atoms with van der Waals surface area (Å²) >= 11 is 0. The van der Waals surface area contributed by atoms with E-state index in [9.17, 15) is 5.11 Å². The predicted molar refractivity (Wildman–Crippen MR) is 87.2 cm³/mol. The third kappa shape index (κ3) is 3.03. The number of hydrogen-bond donors (Lipinski definition) is 2. The number of ether oxygens (including phenoxy) is 1. The van der Waals surface area contributed by atoms with E-state index in [0.29, 0.717) is 12.3 Å². The average molecular weight is 291 g/mol. The molecule has 21 heavy (non-hydrogen) atoms. The molecule has 0 saturated heterocycles. The van der Waals surface area contributed by atoms with Crippen molar-refractivity contribution >= 4 is 0 Å². The lowest BCUT2D eigenvalue weighted by atomic mass is 9.68. The molecule has 0 bridgehead atoms. The van der Waals surface area contributed by atoms with E-state index in [0.717, 1.165) is 18.4 Å². The van der Waals surface area contributed by atoms with Crippen LogP contribution < -0.4 is 10.5 Å². The molecule has 1 aromatic rings. The molecule has 118 valence electrons. The van der Waals surface area contributed by atoms with Crippen LogP contribution in [0.5, 0.6) is 11.5 Å². The number of methoxy groups -OCH3 is 1. The van der Waals surface area contributed by atoms with Crippen molar-refractivity contribution in [3.05, 3.63) is 23.3 Å². The molecule has 3 heteroatoms. The molecule has 2 rings (SSSR count). The first-order valence-electron chi connectivity index (χ1n) is 7.96. The van der Waals surface area contributed by atoms with E-state index in [-0.39, 0.29) is 16.6 Å². The van der Waals surface area contributed by atoms with E-state index in [1.165, 1.54) is 24.8 Å². The van der Waals surface area contributed by atoms with Crippen LogP contribution in [0.2, 0.25) is 0 Å². The van der Waals surface area contributed by atoms with Gasteiger partial charge in [-0.05, 0) is 29.9 Å². The topological polar surface area (TPSA) is 55.5 Å². The van der Waals surface area contributed by atoms with Crippen LogP contribution in [-0.4, -0.2) is 18.8 Å². The second kappa shape index (κ2) is 5.88. The molecule has 0 atom stereocenters. The molecule has 0 aliphatic heterocycles. The van der Waals surface area contributed by atoms with Gasteiger partial charge in [0.05, 0.1) is 7.11 Å². The highest BCUT2D eigenvalue weighted by molar-refractivity contribution is 5.53. The van der Waals surface area contributed by atoms with Gasteiger partial charge in [-0.2, -0.15) is 0 Å². The standard InChI is InChI=1S/C18H29NO2/c1-17(2,3)13-10-14(16(20)15(11-13)21-4)18(12-19)8-6-5-7-9-18/h10-11,20H,5-9,12,19H2,1-4H3. The van der Waals surface area contributed by atoms with Gasteiger partial charge in [0.2, 0.25) is 0 Å². The molecule has 1 fully saturated rings. The molecule has 0 radical (unpaired) electrons. The van der Waals surface area contributed by atoms with Gasteiger partial charge in [-0.1, -0.05) is 46.1 Å². The summed E-state index contributed by atoms with van der Waals surface area (Å²) in [7, 11) is 1.61. The SMILES string of the molecule is COc1cc(C(C)(C)C)cc(C2(CN)CCCCC2)c1O. The van der Waals surface area contributed by atoms with Gasteiger partial charge in [-0.3, -0.25) is 0 Å². The Morgan fingerprint density at radius 3 is 2.29 bits per heavy atom. The lowest BCUT2D eigenvalue weighted by Crippen LogP contribution is -2.37. The molecule has 1 aliphatic rings. The fourth-order valence-electron chi connectivity index (χ4n) is 3.41. The first kappa shape index (κ1) is 16.2. The van der Waals surface area contributed by atoms with Crippen molar-refractivity contribution in [3.8, 4) is 11.5 Å². The molecule has 0 unspecified atom stereocenters. The Balaban J connectivity index is 2.60. The molecule has 0 spiro atoms. The van der Waals surface area contributed by atoms with Gasteiger partial charge in [0.15, 0.2) is 11.5 Å². The predicted octanol–water partition coefficient (Wildman–Crippen LogP) is 3.86. The van der Waals surface area contributed by atoms with E-state index in [1.807, 2.05) is 6.07 Å². The molecule has 0 heterocycles. The lowest BCUT2D eigenvalue weighted by Gasteiger charge is -2.38. The van der Waals surface area contributed by atoms with Crippen molar-refractivity contribution in [1.82, 2.24) is 0 Å². The first-order chi connectivity index (χ1) is 9.84. The monoisotopic (exact) mass is 291 g/mol. The summed E-state index contributed by atoms with van der Waals surface area (Å²) in [6, 6.07) is 4.10. The molecular formula is C18H29NO2. The summed E-state index contributed by atoms with van der Waals surface area (Å²) < 4.78 is 5.41. The fraction of sp³-hybridized carbons (Fsp3) is 0.667. The number of hydrogen-bond acceptors (Lipinski definition) is 3. The molecule has 0 amide bonds. The molecule has 1 aromatic carbocycles. The highest BCUT2D eigenvalue weighted by atomic mass is 16.5. The second-order valence-electron chi connectivity index (χ2n) is 7.37. The molecule has 0 aromatic heterocycles. The van der Waals surface area contributed by atoms with Gasteiger partial charge in [0, 0.05) is 17.5 Å². The molecule has 3 N–H and O–H groups in total.